The molecule has 0 saturated heterocycles. The van der Waals surface area contributed by atoms with E-state index in [-0.39, 0.29) is 0 Å². The molecule has 1 aliphatic rings. The predicted octanol–water partition coefficient (Wildman–Crippen LogP) is 3.01. The Kier molecular flexibility index (Phi) is 3.47. The Morgan fingerprint density at radius 2 is 2.24 bits per heavy atom. The third-order valence-corrected chi connectivity index (χ3v) is 2.74. The van der Waals surface area contributed by atoms with Crippen molar-refractivity contribution in [1.82, 2.24) is 0 Å². The lowest BCUT2D eigenvalue weighted by Gasteiger charge is -2.14. The van der Waals surface area contributed by atoms with Crippen LogP contribution in [0.1, 0.15) is 25.0 Å². The SMILES string of the molecule is C=C1CN=Cc2cc(OCC)c(CC)cc2N1. The molecule has 0 spiro atoms. The Hall–Kier alpha value is -1.77. The quantitative estimate of drug-likeness (QED) is 0.866. The van der Waals surface area contributed by atoms with Crippen LogP contribution in [0.2, 0.25) is 0 Å². The number of aliphatic imine (C=N–C) groups is 1. The maximum absolute atomic E-state index is 5.65. The van der Waals surface area contributed by atoms with Crippen LogP contribution in [0.25, 0.3) is 0 Å². The Balaban J connectivity index is 2.46. The lowest BCUT2D eigenvalue weighted by Crippen LogP contribution is -2.03. The number of rotatable bonds is 3. The van der Waals surface area contributed by atoms with Gasteiger partial charge in [-0.15, -0.1) is 0 Å². The van der Waals surface area contributed by atoms with Gasteiger partial charge in [-0.1, -0.05) is 13.5 Å². The van der Waals surface area contributed by atoms with Crippen LogP contribution in [0.3, 0.4) is 0 Å². The molecule has 0 bridgehead atoms. The van der Waals surface area contributed by atoms with Crippen LogP contribution in [0.5, 0.6) is 5.75 Å². The largest absolute Gasteiger partial charge is 0.494 e. The number of hydrogen-bond acceptors (Lipinski definition) is 3. The first-order valence-corrected chi connectivity index (χ1v) is 5.99. The third kappa shape index (κ3) is 2.49. The van der Waals surface area contributed by atoms with Crippen molar-refractivity contribution < 1.29 is 4.74 Å². The summed E-state index contributed by atoms with van der Waals surface area (Å²) in [7, 11) is 0. The number of fused-ring (bicyclic) bond motifs is 1. The van der Waals surface area contributed by atoms with Crippen LogP contribution in [0.4, 0.5) is 5.69 Å². The minimum atomic E-state index is 0.625. The zero-order valence-electron chi connectivity index (χ0n) is 10.4. The van der Waals surface area contributed by atoms with E-state index < -0.39 is 0 Å². The second kappa shape index (κ2) is 5.04. The van der Waals surface area contributed by atoms with Gasteiger partial charge in [-0.3, -0.25) is 4.99 Å². The van der Waals surface area contributed by atoms with Gasteiger partial charge in [0, 0.05) is 23.2 Å². The fourth-order valence-electron chi connectivity index (χ4n) is 1.91. The van der Waals surface area contributed by atoms with E-state index in [2.05, 4.69) is 29.9 Å². The highest BCUT2D eigenvalue weighted by atomic mass is 16.5. The predicted molar refractivity (Wildman–Crippen MR) is 72.2 cm³/mol. The molecule has 0 fully saturated rings. The summed E-state index contributed by atoms with van der Waals surface area (Å²) in [5.74, 6) is 0.953. The van der Waals surface area contributed by atoms with Gasteiger partial charge in [0.05, 0.1) is 13.2 Å². The maximum Gasteiger partial charge on any atom is 0.123 e. The molecular formula is C14H18N2O. The van der Waals surface area contributed by atoms with Crippen molar-refractivity contribution in [3.63, 3.8) is 0 Å². The molecule has 17 heavy (non-hydrogen) atoms. The van der Waals surface area contributed by atoms with Gasteiger partial charge in [0.1, 0.15) is 5.75 Å². The zero-order valence-corrected chi connectivity index (χ0v) is 10.4. The van der Waals surface area contributed by atoms with E-state index >= 15 is 0 Å². The van der Waals surface area contributed by atoms with E-state index in [1.807, 2.05) is 19.2 Å². The van der Waals surface area contributed by atoms with E-state index in [0.717, 1.165) is 29.1 Å². The summed E-state index contributed by atoms with van der Waals surface area (Å²) in [5, 5.41) is 3.29. The highest BCUT2D eigenvalue weighted by Crippen LogP contribution is 2.28. The van der Waals surface area contributed by atoms with E-state index in [1.165, 1.54) is 5.56 Å². The van der Waals surface area contributed by atoms with Gasteiger partial charge in [-0.2, -0.15) is 0 Å². The molecule has 2 rings (SSSR count). The van der Waals surface area contributed by atoms with Crippen LogP contribution in [0, 0.1) is 0 Å². The number of anilines is 1. The lowest BCUT2D eigenvalue weighted by molar-refractivity contribution is 0.337. The smallest absolute Gasteiger partial charge is 0.123 e. The molecule has 1 N–H and O–H groups in total. The first-order chi connectivity index (χ1) is 8.24. The van der Waals surface area contributed by atoms with Gasteiger partial charge in [0.15, 0.2) is 0 Å². The first-order valence-electron chi connectivity index (χ1n) is 5.99. The molecule has 1 aromatic carbocycles. The van der Waals surface area contributed by atoms with Crippen molar-refractivity contribution in [3.8, 4) is 5.75 Å². The Morgan fingerprint density at radius 3 is 2.94 bits per heavy atom. The standard InChI is InChI=1S/C14H18N2O/c1-4-11-6-13-12(7-14(11)17-5-2)9-15-8-10(3)16-13/h6-7,9,16H,3-5,8H2,1-2H3. The molecule has 3 nitrogen and oxygen atoms in total. The van der Waals surface area contributed by atoms with E-state index in [0.29, 0.717) is 13.2 Å². The molecule has 0 atom stereocenters. The van der Waals surface area contributed by atoms with Crippen LogP contribution >= 0.6 is 0 Å². The Morgan fingerprint density at radius 1 is 1.41 bits per heavy atom. The average molecular weight is 230 g/mol. The topological polar surface area (TPSA) is 33.6 Å². The van der Waals surface area contributed by atoms with Gasteiger partial charge < -0.3 is 10.1 Å². The van der Waals surface area contributed by atoms with Gasteiger partial charge in [-0.05, 0) is 31.0 Å². The highest BCUT2D eigenvalue weighted by molar-refractivity contribution is 5.90. The summed E-state index contributed by atoms with van der Waals surface area (Å²) >= 11 is 0. The molecule has 1 aliphatic heterocycles. The second-order valence-corrected chi connectivity index (χ2v) is 4.03. The monoisotopic (exact) mass is 230 g/mol. The summed E-state index contributed by atoms with van der Waals surface area (Å²) in [5.41, 5.74) is 4.26. The van der Waals surface area contributed by atoms with Crippen LogP contribution < -0.4 is 10.1 Å². The van der Waals surface area contributed by atoms with Crippen LogP contribution in [-0.4, -0.2) is 19.4 Å². The minimum Gasteiger partial charge on any atom is -0.494 e. The van der Waals surface area contributed by atoms with Crippen molar-refractivity contribution >= 4 is 11.9 Å². The van der Waals surface area contributed by atoms with Crippen LogP contribution in [0.15, 0.2) is 29.4 Å². The first kappa shape index (κ1) is 11.7. The molecule has 1 aromatic rings. The molecular weight excluding hydrogens is 212 g/mol. The Bertz CT molecular complexity index is 464. The molecule has 0 amide bonds. The lowest BCUT2D eigenvalue weighted by atomic mass is 10.1. The fraction of sp³-hybridized carbons (Fsp3) is 0.357. The van der Waals surface area contributed by atoms with Crippen molar-refractivity contribution in [3.05, 3.63) is 35.5 Å². The van der Waals surface area contributed by atoms with Gasteiger partial charge in [0.25, 0.3) is 0 Å². The van der Waals surface area contributed by atoms with Crippen molar-refractivity contribution in [2.24, 2.45) is 4.99 Å². The molecule has 0 radical (unpaired) electrons. The van der Waals surface area contributed by atoms with Crippen LogP contribution in [-0.2, 0) is 6.42 Å². The van der Waals surface area contributed by atoms with Crippen molar-refractivity contribution in [2.75, 3.05) is 18.5 Å². The molecule has 3 heteroatoms. The number of hydrogen-bond donors (Lipinski definition) is 1. The summed E-state index contributed by atoms with van der Waals surface area (Å²) in [6, 6.07) is 4.18. The van der Waals surface area contributed by atoms with Gasteiger partial charge in [-0.25, -0.2) is 0 Å². The van der Waals surface area contributed by atoms with Gasteiger partial charge in [0.2, 0.25) is 0 Å². The second-order valence-electron chi connectivity index (χ2n) is 4.03. The van der Waals surface area contributed by atoms with E-state index in [1.54, 1.807) is 0 Å². The normalized spacial score (nSPS) is 13.9. The Labute approximate surface area is 102 Å². The van der Waals surface area contributed by atoms with E-state index in [9.17, 15) is 0 Å². The zero-order chi connectivity index (χ0) is 12.3. The summed E-state index contributed by atoms with van der Waals surface area (Å²) in [6.07, 6.45) is 2.83. The molecule has 0 unspecified atom stereocenters. The summed E-state index contributed by atoms with van der Waals surface area (Å²) in [4.78, 5) is 4.31. The number of nitrogens with one attached hydrogen (secondary N) is 1. The maximum atomic E-state index is 5.65. The minimum absolute atomic E-state index is 0.625. The molecule has 90 valence electrons. The number of aryl methyl sites for hydroxylation is 1. The summed E-state index contributed by atoms with van der Waals surface area (Å²) < 4.78 is 5.65. The van der Waals surface area contributed by atoms with Crippen molar-refractivity contribution in [2.45, 2.75) is 20.3 Å². The van der Waals surface area contributed by atoms with E-state index in [4.69, 9.17) is 4.74 Å². The molecule has 0 aromatic heterocycles. The third-order valence-electron chi connectivity index (χ3n) is 2.74. The van der Waals surface area contributed by atoms with Gasteiger partial charge >= 0.3 is 0 Å². The summed E-state index contributed by atoms with van der Waals surface area (Å²) in [6.45, 7) is 9.37. The molecule has 1 heterocycles. The number of benzene rings is 1. The molecule has 0 aliphatic carbocycles. The number of nitrogens with zero attached hydrogens (tertiary/aromatic N) is 1. The number of benzodiazepines with no additional fused rings is 1. The number of ether oxygens (including phenoxy) is 1. The average Bonchev–Trinajstić information content (AvgIpc) is 2.49. The fourth-order valence-corrected chi connectivity index (χ4v) is 1.91. The molecule has 0 saturated carbocycles. The highest BCUT2D eigenvalue weighted by Gasteiger charge is 2.11. The van der Waals surface area contributed by atoms with Crippen molar-refractivity contribution in [1.29, 1.82) is 0 Å².